The molecule has 1 aromatic carbocycles. The molecule has 5 aromatic rings. The summed E-state index contributed by atoms with van der Waals surface area (Å²) in [6.45, 7) is 0.619. The fraction of sp³-hybridized carbons (Fsp3) is 0.259. The number of morpholine rings is 1. The Morgan fingerprint density at radius 2 is 1.95 bits per heavy atom. The minimum atomic E-state index is -4.58. The second-order valence-electron chi connectivity index (χ2n) is 9.40. The van der Waals surface area contributed by atoms with Crippen molar-refractivity contribution in [3.05, 3.63) is 83.4 Å². The van der Waals surface area contributed by atoms with Crippen molar-refractivity contribution in [2.45, 2.75) is 25.7 Å². The summed E-state index contributed by atoms with van der Waals surface area (Å²) in [4.78, 5) is 36.6. The van der Waals surface area contributed by atoms with Gasteiger partial charge in [-0.25, -0.2) is 19.3 Å². The highest BCUT2D eigenvalue weighted by molar-refractivity contribution is 5.84. The average molecular weight is 537 g/mol. The fourth-order valence-electron chi connectivity index (χ4n) is 5.02. The highest BCUT2D eigenvalue weighted by Gasteiger charge is 2.44. The van der Waals surface area contributed by atoms with Gasteiger partial charge in [0.1, 0.15) is 12.4 Å². The summed E-state index contributed by atoms with van der Waals surface area (Å²) in [5, 5.41) is 0. The second kappa shape index (κ2) is 9.38. The first-order valence-electron chi connectivity index (χ1n) is 12.3. The van der Waals surface area contributed by atoms with Crippen LogP contribution in [0.4, 0.5) is 13.2 Å². The van der Waals surface area contributed by atoms with E-state index in [9.17, 15) is 22.8 Å². The normalized spacial score (nSPS) is 16.3. The van der Waals surface area contributed by atoms with Gasteiger partial charge in [-0.2, -0.15) is 13.2 Å². The van der Waals surface area contributed by atoms with Gasteiger partial charge in [0.2, 0.25) is 5.91 Å². The van der Waals surface area contributed by atoms with Crippen LogP contribution in [0.1, 0.15) is 5.56 Å². The maximum atomic E-state index is 13.7. The van der Waals surface area contributed by atoms with Crippen LogP contribution in [0.2, 0.25) is 0 Å². The Morgan fingerprint density at radius 1 is 1.10 bits per heavy atom. The number of hydrogen-bond acceptors (Lipinski definition) is 5. The van der Waals surface area contributed by atoms with E-state index in [0.29, 0.717) is 16.9 Å². The van der Waals surface area contributed by atoms with Gasteiger partial charge in [0, 0.05) is 30.1 Å². The smallest absolute Gasteiger partial charge is 0.365 e. The van der Waals surface area contributed by atoms with E-state index in [1.54, 1.807) is 36.9 Å². The number of hydrogen-bond donors (Lipinski definition) is 0. The highest BCUT2D eigenvalue weighted by Crippen LogP contribution is 2.27. The summed E-state index contributed by atoms with van der Waals surface area (Å²) in [6.07, 6.45) is 0.400. The summed E-state index contributed by atoms with van der Waals surface area (Å²) >= 11 is 0. The van der Waals surface area contributed by atoms with Gasteiger partial charge >= 0.3 is 11.9 Å². The molecule has 200 valence electrons. The zero-order valence-electron chi connectivity index (χ0n) is 20.8. The molecule has 4 aromatic heterocycles. The predicted octanol–water partition coefficient (Wildman–Crippen LogP) is 3.60. The Labute approximate surface area is 219 Å². The third-order valence-electron chi connectivity index (χ3n) is 6.97. The van der Waals surface area contributed by atoms with Crippen LogP contribution in [0.25, 0.3) is 33.5 Å². The number of amides is 1. The number of carbonyl (C=O) groups is 1. The highest BCUT2D eigenvalue weighted by atomic mass is 19.4. The van der Waals surface area contributed by atoms with E-state index in [2.05, 4.69) is 9.97 Å². The molecule has 0 N–H and O–H groups in total. The van der Waals surface area contributed by atoms with Crippen molar-refractivity contribution in [3.63, 3.8) is 0 Å². The first-order valence-corrected chi connectivity index (χ1v) is 12.3. The molecule has 5 heterocycles. The number of nitrogens with zero attached hydrogens (tertiary/aromatic N) is 6. The molecule has 0 bridgehead atoms. The van der Waals surface area contributed by atoms with Gasteiger partial charge in [-0.05, 0) is 36.8 Å². The third kappa shape index (κ3) is 4.36. The Kier molecular flexibility index (Phi) is 5.98. The fourth-order valence-corrected chi connectivity index (χ4v) is 5.02. The van der Waals surface area contributed by atoms with Crippen molar-refractivity contribution in [1.29, 1.82) is 0 Å². The molecule has 9 nitrogen and oxygen atoms in total. The molecular weight excluding hydrogens is 513 g/mol. The number of fused-ring (bicyclic) bond motifs is 2. The predicted molar refractivity (Wildman–Crippen MR) is 137 cm³/mol. The van der Waals surface area contributed by atoms with E-state index in [4.69, 9.17) is 4.74 Å². The third-order valence-corrected chi connectivity index (χ3v) is 6.97. The molecule has 1 fully saturated rings. The molecule has 1 atom stereocenters. The number of halogens is 3. The maximum Gasteiger partial charge on any atom is 0.416 e. The number of aromatic nitrogens is 5. The summed E-state index contributed by atoms with van der Waals surface area (Å²) in [5.41, 5.74) is 4.01. The molecule has 39 heavy (non-hydrogen) atoms. The largest absolute Gasteiger partial charge is 0.416 e. The van der Waals surface area contributed by atoms with Crippen molar-refractivity contribution in [2.75, 3.05) is 19.7 Å². The van der Waals surface area contributed by atoms with Gasteiger partial charge in [0.15, 0.2) is 6.10 Å². The lowest BCUT2D eigenvalue weighted by atomic mass is 10.1. The quantitative estimate of drug-likeness (QED) is 0.351. The zero-order chi connectivity index (χ0) is 27.3. The average Bonchev–Trinajstić information content (AvgIpc) is 3.52. The number of aryl methyl sites for hydroxylation is 1. The minimum absolute atomic E-state index is 0.0186. The topological polar surface area (TPSA) is 86.7 Å². The molecule has 0 unspecified atom stereocenters. The van der Waals surface area contributed by atoms with Crippen LogP contribution in [-0.2, 0) is 16.1 Å². The van der Waals surface area contributed by atoms with Crippen LogP contribution in [-0.4, -0.2) is 66.3 Å². The Morgan fingerprint density at radius 3 is 2.72 bits per heavy atom. The number of alkyl halides is 3. The SMILES string of the molecule is Cc1cccc2c1n(-c1ccc(-c3cccn4cncc34)cn1)c(=O)n2CC(=O)N1CCO[C@@H](C(F)(F)F)C1. The summed E-state index contributed by atoms with van der Waals surface area (Å²) in [6, 6.07) is 12.8. The number of rotatable bonds is 4. The molecule has 1 aliphatic rings. The number of ether oxygens (including phenoxy) is 1. The Balaban J connectivity index is 1.37. The van der Waals surface area contributed by atoms with Gasteiger partial charge in [-0.1, -0.05) is 18.2 Å². The molecule has 1 saturated heterocycles. The van der Waals surface area contributed by atoms with Crippen LogP contribution in [0.3, 0.4) is 0 Å². The standard InChI is InChI=1S/C27H23F3N6O3/c1-17-4-2-6-20-25(17)36(23-8-7-18(12-32-23)19-5-3-9-34-16-31-13-21(19)34)26(38)35(20)15-24(37)33-10-11-39-22(14-33)27(28,29)30/h2-9,12-13,16,22H,10-11,14-15H2,1H3/t22-/m1/s1. The molecule has 0 spiro atoms. The zero-order valence-corrected chi connectivity index (χ0v) is 20.8. The molecule has 1 aliphatic heterocycles. The number of para-hydroxylation sites is 1. The van der Waals surface area contributed by atoms with Crippen molar-refractivity contribution >= 4 is 22.5 Å². The number of imidazole rings is 2. The number of carbonyl (C=O) groups excluding carboxylic acids is 1. The molecule has 6 rings (SSSR count). The molecule has 0 aliphatic carbocycles. The van der Waals surface area contributed by atoms with Crippen LogP contribution in [0.15, 0.2) is 72.2 Å². The number of pyridine rings is 2. The van der Waals surface area contributed by atoms with E-state index in [-0.39, 0.29) is 13.2 Å². The van der Waals surface area contributed by atoms with E-state index < -0.39 is 37.0 Å². The summed E-state index contributed by atoms with van der Waals surface area (Å²) in [7, 11) is 0. The van der Waals surface area contributed by atoms with Crippen LogP contribution >= 0.6 is 0 Å². The van der Waals surface area contributed by atoms with Gasteiger partial charge in [0.25, 0.3) is 0 Å². The molecular formula is C27H23F3N6O3. The van der Waals surface area contributed by atoms with Crippen LogP contribution < -0.4 is 5.69 Å². The van der Waals surface area contributed by atoms with Gasteiger partial charge in [0.05, 0.1) is 42.2 Å². The Bertz CT molecular complexity index is 1750. The van der Waals surface area contributed by atoms with Gasteiger partial charge in [-0.15, -0.1) is 0 Å². The van der Waals surface area contributed by atoms with Crippen LogP contribution in [0, 0.1) is 6.92 Å². The second-order valence-corrected chi connectivity index (χ2v) is 9.40. The molecule has 1 amide bonds. The van der Waals surface area contributed by atoms with Crippen molar-refractivity contribution in [3.8, 4) is 16.9 Å². The summed E-state index contributed by atoms with van der Waals surface area (Å²) in [5.74, 6) is -0.231. The first kappa shape index (κ1) is 24.9. The summed E-state index contributed by atoms with van der Waals surface area (Å²) < 4.78 is 48.9. The lowest BCUT2D eigenvalue weighted by molar-refractivity contribution is -0.236. The van der Waals surface area contributed by atoms with E-state index in [0.717, 1.165) is 27.1 Å². The van der Waals surface area contributed by atoms with Crippen molar-refractivity contribution in [1.82, 2.24) is 28.4 Å². The molecule has 12 heteroatoms. The van der Waals surface area contributed by atoms with E-state index >= 15 is 0 Å². The molecule has 0 radical (unpaired) electrons. The maximum absolute atomic E-state index is 13.7. The lowest BCUT2D eigenvalue weighted by Gasteiger charge is -2.33. The minimum Gasteiger partial charge on any atom is -0.365 e. The monoisotopic (exact) mass is 536 g/mol. The van der Waals surface area contributed by atoms with Crippen LogP contribution in [0.5, 0.6) is 0 Å². The van der Waals surface area contributed by atoms with Gasteiger partial charge < -0.3 is 14.0 Å². The van der Waals surface area contributed by atoms with E-state index in [1.165, 1.54) is 9.13 Å². The van der Waals surface area contributed by atoms with Crippen molar-refractivity contribution < 1.29 is 22.7 Å². The molecule has 0 saturated carbocycles. The lowest BCUT2D eigenvalue weighted by Crippen LogP contribution is -2.52. The number of benzene rings is 1. The van der Waals surface area contributed by atoms with E-state index in [1.807, 2.05) is 41.8 Å². The van der Waals surface area contributed by atoms with Gasteiger partial charge in [-0.3, -0.25) is 9.36 Å². The Hall–Kier alpha value is -4.45. The first-order chi connectivity index (χ1) is 18.7. The van der Waals surface area contributed by atoms with Crippen molar-refractivity contribution in [2.24, 2.45) is 0 Å².